The van der Waals surface area contributed by atoms with Crippen molar-refractivity contribution in [1.29, 1.82) is 0 Å². The summed E-state index contributed by atoms with van der Waals surface area (Å²) in [6.07, 6.45) is 7.57. The molecule has 13 rings (SSSR count). The van der Waals surface area contributed by atoms with Crippen molar-refractivity contribution in [2.75, 3.05) is 0 Å². The van der Waals surface area contributed by atoms with Crippen molar-refractivity contribution >= 4 is 70.2 Å². The summed E-state index contributed by atoms with van der Waals surface area (Å²) in [5, 5.41) is 0. The zero-order valence-corrected chi connectivity index (χ0v) is 44.6. The normalized spacial score (nSPS) is 11.4. The number of nitrogens with one attached hydrogen (secondary N) is 2. The van der Waals surface area contributed by atoms with E-state index in [-0.39, 0.29) is 23.0 Å². The van der Waals surface area contributed by atoms with Crippen LogP contribution in [0.15, 0.2) is 243 Å². The molecule has 0 saturated heterocycles. The first-order valence-electron chi connectivity index (χ1n) is 26.9. The second-order valence-electron chi connectivity index (χ2n) is 19.5. The third-order valence-electron chi connectivity index (χ3n) is 14.2. The van der Waals surface area contributed by atoms with Crippen LogP contribution in [0.5, 0.6) is 23.0 Å². The van der Waals surface area contributed by atoms with E-state index in [0.29, 0.717) is 112 Å². The van der Waals surface area contributed by atoms with Crippen molar-refractivity contribution in [2.45, 2.75) is 0 Å². The standard InChI is InChI=1S/C72H46N4O8/c77-69(45-21-5-1-6-22-45)81-61-33-17-13-29-49(61)65-53-37-39-55(73-53)66(50-30-14-18-34-62(50)82-70(78)46-23-7-2-8-24-46)57-41-43-59(75-57)68(52-32-16-20-36-64(52)84-72(80)48-27-11-4-12-28-48)60-44-42-58(76-60)67(56-40-38-54(65)74-56)51-31-15-19-35-63(51)83-71(79)47-25-9-3-10-26-47/h1-44,73,76H. The molecule has 402 valence electrons. The van der Waals surface area contributed by atoms with Gasteiger partial charge in [0.25, 0.3) is 0 Å². The summed E-state index contributed by atoms with van der Waals surface area (Å²) in [6, 6.07) is 71.9. The monoisotopic (exact) mass is 1090 g/mol. The van der Waals surface area contributed by atoms with Crippen molar-refractivity contribution in [3.8, 4) is 67.5 Å². The van der Waals surface area contributed by atoms with Crippen LogP contribution in [0.2, 0.25) is 0 Å². The van der Waals surface area contributed by atoms with Gasteiger partial charge in [0.1, 0.15) is 23.0 Å². The number of aromatic amines is 2. The lowest BCUT2D eigenvalue weighted by Crippen LogP contribution is -2.09. The highest BCUT2D eigenvalue weighted by atomic mass is 16.5. The number of ether oxygens (including phenoxy) is 4. The van der Waals surface area contributed by atoms with Crippen LogP contribution in [0, 0.1) is 0 Å². The summed E-state index contributed by atoms with van der Waals surface area (Å²) in [4.78, 5) is 74.1. The lowest BCUT2D eigenvalue weighted by molar-refractivity contribution is 0.0726. The maximum atomic E-state index is 13.9. The molecule has 11 aromatic rings. The first-order chi connectivity index (χ1) is 41.3. The first-order valence-corrected chi connectivity index (χ1v) is 26.9. The molecule has 8 aromatic carbocycles. The molecule has 0 fully saturated rings. The Hall–Kier alpha value is -11.8. The average molecular weight is 1100 g/mol. The number of fused-ring (bicyclic) bond motifs is 8. The van der Waals surface area contributed by atoms with Crippen molar-refractivity contribution < 1.29 is 38.1 Å². The van der Waals surface area contributed by atoms with Gasteiger partial charge < -0.3 is 28.9 Å². The van der Waals surface area contributed by atoms with Crippen molar-refractivity contribution in [2.24, 2.45) is 0 Å². The molecule has 12 nitrogen and oxygen atoms in total. The molecule has 3 aromatic heterocycles. The highest BCUT2D eigenvalue weighted by Crippen LogP contribution is 2.44. The Bertz CT molecular complexity index is 4050. The molecule has 2 aliphatic rings. The Balaban J connectivity index is 1.12. The summed E-state index contributed by atoms with van der Waals surface area (Å²) in [7, 11) is 0. The van der Waals surface area contributed by atoms with Gasteiger partial charge in [0.15, 0.2) is 0 Å². The predicted molar refractivity (Wildman–Crippen MR) is 326 cm³/mol. The summed E-state index contributed by atoms with van der Waals surface area (Å²) >= 11 is 0. The fourth-order valence-electron chi connectivity index (χ4n) is 10.3. The summed E-state index contributed by atoms with van der Waals surface area (Å²) in [5.41, 5.74) is 10.2. The van der Waals surface area contributed by atoms with Crippen molar-refractivity contribution in [1.82, 2.24) is 19.9 Å². The van der Waals surface area contributed by atoms with Gasteiger partial charge in [-0.25, -0.2) is 29.1 Å². The van der Waals surface area contributed by atoms with Gasteiger partial charge in [-0.15, -0.1) is 0 Å². The van der Waals surface area contributed by atoms with Crippen LogP contribution in [-0.4, -0.2) is 43.8 Å². The van der Waals surface area contributed by atoms with E-state index in [1.54, 1.807) is 146 Å². The number of nitrogens with zero attached hydrogens (tertiary/aromatic N) is 2. The zero-order chi connectivity index (χ0) is 56.9. The fourth-order valence-corrected chi connectivity index (χ4v) is 10.3. The minimum absolute atomic E-state index is 0.273. The van der Waals surface area contributed by atoms with E-state index in [1.807, 2.05) is 121 Å². The Morgan fingerprint density at radius 3 is 0.679 bits per heavy atom. The summed E-state index contributed by atoms with van der Waals surface area (Å²) in [6.45, 7) is 0. The van der Waals surface area contributed by atoms with Crippen LogP contribution >= 0.6 is 0 Å². The number of aromatic nitrogens is 4. The number of benzene rings is 8. The highest BCUT2D eigenvalue weighted by Gasteiger charge is 2.25. The Kier molecular flexibility index (Phi) is 14.0. The lowest BCUT2D eigenvalue weighted by Gasteiger charge is -2.13. The number of rotatable bonds is 12. The number of para-hydroxylation sites is 4. The minimum Gasteiger partial charge on any atom is -0.422 e. The van der Waals surface area contributed by atoms with E-state index in [4.69, 9.17) is 28.9 Å². The van der Waals surface area contributed by atoms with Crippen LogP contribution in [0.25, 0.3) is 90.9 Å². The Morgan fingerprint density at radius 2 is 0.452 bits per heavy atom. The number of hydrogen-bond donors (Lipinski definition) is 2. The summed E-state index contributed by atoms with van der Waals surface area (Å²) < 4.78 is 25.1. The molecule has 0 amide bonds. The van der Waals surface area contributed by atoms with Gasteiger partial charge >= 0.3 is 23.9 Å². The second-order valence-corrected chi connectivity index (χ2v) is 19.5. The SMILES string of the molecule is O=C(Oc1ccccc1-c1c2nc(c(-c3ccccc3OC(=O)c3ccccc3)c3ccc([nH]3)c(-c3ccccc3OC(=O)c3ccccc3)c3nc(c(-c4ccccc4OC(=O)c4ccccc4)c4ccc1[nH]4)C=C3)C=C2)c1ccccc1. The lowest BCUT2D eigenvalue weighted by atomic mass is 10.0. The predicted octanol–water partition coefficient (Wildman–Crippen LogP) is 16.2. The number of H-pyrrole nitrogens is 2. The molecule has 2 N–H and O–H groups in total. The van der Waals surface area contributed by atoms with E-state index < -0.39 is 23.9 Å². The molecular formula is C72H46N4O8. The van der Waals surface area contributed by atoms with Gasteiger partial charge in [-0.1, -0.05) is 146 Å². The molecule has 0 unspecified atom stereocenters. The third kappa shape index (κ3) is 10.4. The van der Waals surface area contributed by atoms with Gasteiger partial charge in [0.05, 0.1) is 45.0 Å². The van der Waals surface area contributed by atoms with E-state index in [1.165, 1.54) is 0 Å². The quantitative estimate of drug-likeness (QED) is 0.0889. The van der Waals surface area contributed by atoms with Crippen LogP contribution in [0.1, 0.15) is 64.2 Å². The van der Waals surface area contributed by atoms with Crippen LogP contribution in [-0.2, 0) is 0 Å². The maximum absolute atomic E-state index is 13.9. The van der Waals surface area contributed by atoms with Gasteiger partial charge in [0, 0.05) is 66.6 Å². The second kappa shape index (κ2) is 22.8. The van der Waals surface area contributed by atoms with E-state index in [0.717, 1.165) is 0 Å². The number of carbonyl (C=O) groups excluding carboxylic acids is 4. The van der Waals surface area contributed by atoms with Gasteiger partial charge in [-0.3, -0.25) is 0 Å². The summed E-state index contributed by atoms with van der Waals surface area (Å²) in [5.74, 6) is -1.12. The number of hydrogen-bond acceptors (Lipinski definition) is 10. The van der Waals surface area contributed by atoms with Gasteiger partial charge in [0.2, 0.25) is 0 Å². The third-order valence-corrected chi connectivity index (χ3v) is 14.2. The zero-order valence-electron chi connectivity index (χ0n) is 44.6. The molecule has 0 saturated carbocycles. The van der Waals surface area contributed by atoms with Crippen molar-refractivity contribution in [3.63, 3.8) is 0 Å². The van der Waals surface area contributed by atoms with Crippen LogP contribution in [0.3, 0.4) is 0 Å². The molecule has 84 heavy (non-hydrogen) atoms. The Morgan fingerprint density at radius 1 is 0.250 bits per heavy atom. The molecule has 0 atom stereocenters. The fraction of sp³-hybridized carbons (Fsp3) is 0. The van der Waals surface area contributed by atoms with Crippen molar-refractivity contribution in [3.05, 3.63) is 288 Å². The average Bonchev–Trinajstić information content (AvgIpc) is 3.33. The number of esters is 4. The van der Waals surface area contributed by atoms with Crippen LogP contribution in [0.4, 0.5) is 0 Å². The van der Waals surface area contributed by atoms with Gasteiger partial charge in [-0.2, -0.15) is 0 Å². The molecule has 0 spiro atoms. The molecule has 8 bridgehead atoms. The largest absolute Gasteiger partial charge is 0.422 e. The van der Waals surface area contributed by atoms with E-state index in [9.17, 15) is 19.2 Å². The van der Waals surface area contributed by atoms with E-state index in [2.05, 4.69) is 9.97 Å². The maximum Gasteiger partial charge on any atom is 0.343 e. The smallest absolute Gasteiger partial charge is 0.343 e. The molecule has 5 heterocycles. The number of carbonyl (C=O) groups is 4. The van der Waals surface area contributed by atoms with Crippen LogP contribution < -0.4 is 18.9 Å². The molecule has 0 radical (unpaired) electrons. The molecule has 12 heteroatoms. The first kappa shape index (κ1) is 51.7. The highest BCUT2D eigenvalue weighted by molar-refractivity contribution is 6.04. The topological polar surface area (TPSA) is 163 Å². The Labute approximate surface area is 481 Å². The minimum atomic E-state index is -0.552. The molecule has 2 aliphatic heterocycles. The van der Waals surface area contributed by atoms with E-state index >= 15 is 0 Å². The molecular weight excluding hydrogens is 1050 g/mol. The van der Waals surface area contributed by atoms with Gasteiger partial charge in [-0.05, 0) is 121 Å². The molecule has 0 aliphatic carbocycles.